The summed E-state index contributed by atoms with van der Waals surface area (Å²) in [6.45, 7) is 0.507. The summed E-state index contributed by atoms with van der Waals surface area (Å²) < 4.78 is 1.69. The van der Waals surface area contributed by atoms with Crippen molar-refractivity contribution >= 4 is 11.4 Å². The maximum Gasteiger partial charge on any atom is 0.272 e. The van der Waals surface area contributed by atoms with Gasteiger partial charge in [-0.25, -0.2) is 4.52 Å². The summed E-state index contributed by atoms with van der Waals surface area (Å²) in [5.74, 6) is -0.160. The number of hydrogen-bond donors (Lipinski definition) is 1. The van der Waals surface area contributed by atoms with E-state index in [1.807, 2.05) is 54.7 Å². The predicted molar refractivity (Wildman–Crippen MR) is 72.8 cm³/mol. The van der Waals surface area contributed by atoms with Crippen molar-refractivity contribution in [3.05, 3.63) is 72.1 Å². The van der Waals surface area contributed by atoms with E-state index in [1.165, 1.54) is 0 Å². The molecule has 2 aromatic heterocycles. The molecule has 0 saturated heterocycles. The zero-order valence-electron chi connectivity index (χ0n) is 10.3. The third-order valence-corrected chi connectivity index (χ3v) is 2.90. The SMILES string of the molecule is O=C(NCc1ccccc1)c1cc2ccccn2n1. The molecule has 1 aromatic carbocycles. The molecule has 4 nitrogen and oxygen atoms in total. The third-order valence-electron chi connectivity index (χ3n) is 2.90. The average Bonchev–Trinajstić information content (AvgIpc) is 2.90. The molecule has 4 heteroatoms. The van der Waals surface area contributed by atoms with Crippen molar-refractivity contribution in [2.75, 3.05) is 0 Å². The fourth-order valence-electron chi connectivity index (χ4n) is 1.92. The fourth-order valence-corrected chi connectivity index (χ4v) is 1.92. The Kier molecular flexibility index (Phi) is 2.98. The molecule has 1 amide bonds. The van der Waals surface area contributed by atoms with Gasteiger partial charge in [-0.3, -0.25) is 4.79 Å². The van der Waals surface area contributed by atoms with E-state index in [9.17, 15) is 4.79 Å². The number of fused-ring (bicyclic) bond motifs is 1. The number of hydrogen-bond acceptors (Lipinski definition) is 2. The number of rotatable bonds is 3. The van der Waals surface area contributed by atoms with Gasteiger partial charge in [0.15, 0.2) is 5.69 Å². The average molecular weight is 251 g/mol. The highest BCUT2D eigenvalue weighted by molar-refractivity contribution is 5.93. The van der Waals surface area contributed by atoms with Crippen LogP contribution in [0.3, 0.4) is 0 Å². The van der Waals surface area contributed by atoms with Crippen molar-refractivity contribution < 1.29 is 4.79 Å². The lowest BCUT2D eigenvalue weighted by Crippen LogP contribution is -2.23. The Morgan fingerprint density at radius 3 is 2.68 bits per heavy atom. The number of nitrogens with one attached hydrogen (secondary N) is 1. The minimum Gasteiger partial charge on any atom is -0.347 e. The standard InChI is InChI=1S/C15H13N3O/c19-15(16-11-12-6-2-1-3-7-12)14-10-13-8-4-5-9-18(13)17-14/h1-10H,11H2,(H,16,19). The van der Waals surface area contributed by atoms with Crippen LogP contribution in [0, 0.1) is 0 Å². The van der Waals surface area contributed by atoms with Crippen LogP contribution in [0.15, 0.2) is 60.8 Å². The highest BCUT2D eigenvalue weighted by Crippen LogP contribution is 2.06. The summed E-state index contributed by atoms with van der Waals surface area (Å²) in [6, 6.07) is 17.3. The molecular weight excluding hydrogens is 238 g/mol. The molecule has 19 heavy (non-hydrogen) atoms. The van der Waals surface area contributed by atoms with Gasteiger partial charge in [-0.2, -0.15) is 5.10 Å². The second-order valence-electron chi connectivity index (χ2n) is 4.27. The van der Waals surface area contributed by atoms with Crippen LogP contribution in [0.2, 0.25) is 0 Å². The van der Waals surface area contributed by atoms with E-state index in [4.69, 9.17) is 0 Å². The summed E-state index contributed by atoms with van der Waals surface area (Å²) in [5, 5.41) is 7.09. The van der Waals surface area contributed by atoms with E-state index in [-0.39, 0.29) is 5.91 Å². The number of pyridine rings is 1. The first-order valence-corrected chi connectivity index (χ1v) is 6.09. The Balaban J connectivity index is 1.73. The van der Waals surface area contributed by atoms with Crippen molar-refractivity contribution in [3.8, 4) is 0 Å². The lowest BCUT2D eigenvalue weighted by Gasteiger charge is -2.02. The number of carbonyl (C=O) groups is 1. The van der Waals surface area contributed by atoms with Gasteiger partial charge in [-0.05, 0) is 23.8 Å². The van der Waals surface area contributed by atoms with Crippen LogP contribution in [-0.4, -0.2) is 15.5 Å². The van der Waals surface area contributed by atoms with Crippen molar-refractivity contribution in [2.24, 2.45) is 0 Å². The number of carbonyl (C=O) groups excluding carboxylic acids is 1. The summed E-state index contributed by atoms with van der Waals surface area (Å²) in [7, 11) is 0. The fraction of sp³-hybridized carbons (Fsp3) is 0.0667. The Bertz CT molecular complexity index is 670. The molecule has 0 radical (unpaired) electrons. The lowest BCUT2D eigenvalue weighted by atomic mass is 10.2. The van der Waals surface area contributed by atoms with Gasteiger partial charge in [0, 0.05) is 12.7 Å². The highest BCUT2D eigenvalue weighted by Gasteiger charge is 2.09. The van der Waals surface area contributed by atoms with Gasteiger partial charge in [-0.15, -0.1) is 0 Å². The molecule has 0 aliphatic carbocycles. The number of nitrogens with zero attached hydrogens (tertiary/aromatic N) is 2. The van der Waals surface area contributed by atoms with Crippen molar-refractivity contribution in [1.29, 1.82) is 0 Å². The second kappa shape index (κ2) is 4.94. The quantitative estimate of drug-likeness (QED) is 0.776. The lowest BCUT2D eigenvalue weighted by molar-refractivity contribution is 0.0945. The zero-order valence-corrected chi connectivity index (χ0v) is 10.3. The van der Waals surface area contributed by atoms with Gasteiger partial charge in [0.1, 0.15) is 0 Å². The van der Waals surface area contributed by atoms with E-state index in [0.29, 0.717) is 12.2 Å². The van der Waals surface area contributed by atoms with Crippen molar-refractivity contribution in [3.63, 3.8) is 0 Å². The molecule has 0 fully saturated rings. The predicted octanol–water partition coefficient (Wildman–Crippen LogP) is 2.26. The summed E-state index contributed by atoms with van der Waals surface area (Å²) >= 11 is 0. The van der Waals surface area contributed by atoms with Crippen LogP contribution < -0.4 is 5.32 Å². The molecule has 0 saturated carbocycles. The number of benzene rings is 1. The van der Waals surface area contributed by atoms with E-state index in [0.717, 1.165) is 11.1 Å². The summed E-state index contributed by atoms with van der Waals surface area (Å²) in [4.78, 5) is 12.0. The molecule has 0 aliphatic heterocycles. The molecule has 0 aliphatic rings. The van der Waals surface area contributed by atoms with Crippen LogP contribution in [-0.2, 0) is 6.54 Å². The van der Waals surface area contributed by atoms with Gasteiger partial charge < -0.3 is 5.32 Å². The third kappa shape index (κ3) is 2.47. The Hall–Kier alpha value is -2.62. The Morgan fingerprint density at radius 2 is 1.89 bits per heavy atom. The van der Waals surface area contributed by atoms with Gasteiger partial charge in [0.25, 0.3) is 5.91 Å². The zero-order chi connectivity index (χ0) is 13.1. The van der Waals surface area contributed by atoms with Gasteiger partial charge in [0.2, 0.25) is 0 Å². The molecule has 0 bridgehead atoms. The molecular formula is C15H13N3O. The molecule has 0 spiro atoms. The largest absolute Gasteiger partial charge is 0.347 e. The van der Waals surface area contributed by atoms with Gasteiger partial charge >= 0.3 is 0 Å². The number of amides is 1. The summed E-state index contributed by atoms with van der Waals surface area (Å²) in [5.41, 5.74) is 2.41. The monoisotopic (exact) mass is 251 g/mol. The van der Waals surface area contributed by atoms with Crippen molar-refractivity contribution in [2.45, 2.75) is 6.54 Å². The van der Waals surface area contributed by atoms with Crippen LogP contribution in [0.5, 0.6) is 0 Å². The molecule has 94 valence electrons. The van der Waals surface area contributed by atoms with Crippen LogP contribution in [0.1, 0.15) is 16.1 Å². The van der Waals surface area contributed by atoms with E-state index in [2.05, 4.69) is 10.4 Å². The maximum atomic E-state index is 12.0. The topological polar surface area (TPSA) is 46.4 Å². The Labute approximate surface area is 110 Å². The van der Waals surface area contributed by atoms with Gasteiger partial charge in [-0.1, -0.05) is 36.4 Å². The first-order valence-electron chi connectivity index (χ1n) is 6.09. The molecule has 2 heterocycles. The molecule has 3 aromatic rings. The molecule has 1 N–H and O–H groups in total. The minimum absolute atomic E-state index is 0.160. The van der Waals surface area contributed by atoms with Crippen molar-refractivity contribution in [1.82, 2.24) is 14.9 Å². The first-order chi connectivity index (χ1) is 9.33. The van der Waals surface area contributed by atoms with E-state index in [1.54, 1.807) is 10.6 Å². The molecule has 0 unspecified atom stereocenters. The van der Waals surface area contributed by atoms with Crippen LogP contribution in [0.4, 0.5) is 0 Å². The molecule has 3 rings (SSSR count). The van der Waals surface area contributed by atoms with Crippen LogP contribution in [0.25, 0.3) is 5.52 Å². The normalized spacial score (nSPS) is 10.5. The van der Waals surface area contributed by atoms with Gasteiger partial charge in [0.05, 0.1) is 5.52 Å². The summed E-state index contributed by atoms with van der Waals surface area (Å²) in [6.07, 6.45) is 1.82. The minimum atomic E-state index is -0.160. The Morgan fingerprint density at radius 1 is 1.11 bits per heavy atom. The maximum absolute atomic E-state index is 12.0. The second-order valence-corrected chi connectivity index (χ2v) is 4.27. The first kappa shape index (κ1) is 11.5. The molecule has 0 atom stereocenters. The van der Waals surface area contributed by atoms with E-state index < -0.39 is 0 Å². The number of aromatic nitrogens is 2. The highest BCUT2D eigenvalue weighted by atomic mass is 16.1. The smallest absolute Gasteiger partial charge is 0.272 e. The van der Waals surface area contributed by atoms with E-state index >= 15 is 0 Å². The van der Waals surface area contributed by atoms with Crippen LogP contribution >= 0.6 is 0 Å².